The monoisotopic (exact) mass is 400 g/mol. The van der Waals surface area contributed by atoms with Gasteiger partial charge in [0.1, 0.15) is 11.6 Å². The summed E-state index contributed by atoms with van der Waals surface area (Å²) < 4.78 is 18.9. The Labute approximate surface area is 174 Å². The van der Waals surface area contributed by atoms with Gasteiger partial charge in [-0.2, -0.15) is 0 Å². The molecule has 1 aromatic heterocycles. The number of rotatable bonds is 6. The van der Waals surface area contributed by atoms with Gasteiger partial charge in [0.15, 0.2) is 0 Å². The number of halogens is 1. The van der Waals surface area contributed by atoms with E-state index in [-0.39, 0.29) is 5.91 Å². The first-order valence-corrected chi connectivity index (χ1v) is 9.78. The van der Waals surface area contributed by atoms with Crippen LogP contribution in [0.25, 0.3) is 21.9 Å². The lowest BCUT2D eigenvalue weighted by Crippen LogP contribution is -2.23. The number of nitrogens with zero attached hydrogens (tertiary/aromatic N) is 1. The number of carbonyl (C=O) groups is 1. The van der Waals surface area contributed by atoms with E-state index >= 15 is 0 Å². The third-order valence-electron chi connectivity index (χ3n) is 4.91. The molecule has 0 bridgehead atoms. The predicted molar refractivity (Wildman–Crippen MR) is 116 cm³/mol. The second-order valence-corrected chi connectivity index (χ2v) is 6.84. The lowest BCUT2D eigenvalue weighted by atomic mass is 9.96. The first-order chi connectivity index (χ1) is 14.7. The molecule has 4 aromatic rings. The van der Waals surface area contributed by atoms with Crippen molar-refractivity contribution in [1.29, 1.82) is 0 Å². The second-order valence-electron chi connectivity index (χ2n) is 6.84. The third kappa shape index (κ3) is 4.15. The van der Waals surface area contributed by atoms with Crippen molar-refractivity contribution in [2.24, 2.45) is 0 Å². The fraction of sp³-hybridized carbons (Fsp3) is 0.120. The van der Waals surface area contributed by atoms with E-state index in [2.05, 4.69) is 10.3 Å². The van der Waals surface area contributed by atoms with Gasteiger partial charge in [0.05, 0.1) is 6.61 Å². The van der Waals surface area contributed by atoms with Gasteiger partial charge in [0.25, 0.3) is 5.91 Å². The minimum absolute atomic E-state index is 0.295. The maximum absolute atomic E-state index is 13.4. The normalized spacial score (nSPS) is 10.7. The molecule has 0 spiro atoms. The smallest absolute Gasteiger partial charge is 0.251 e. The average molecular weight is 400 g/mol. The topological polar surface area (TPSA) is 51.2 Å². The molecule has 3 aromatic carbocycles. The fourth-order valence-corrected chi connectivity index (χ4v) is 3.46. The molecule has 0 atom stereocenters. The van der Waals surface area contributed by atoms with Crippen LogP contribution in [0, 0.1) is 5.82 Å². The molecule has 1 amide bonds. The molecule has 0 radical (unpaired) electrons. The highest BCUT2D eigenvalue weighted by Crippen LogP contribution is 2.31. The SMILES string of the molecule is CCOc1ccc(-c2ccc(CNC(=O)c3cccc(F)c3)c3cnccc23)cc1. The van der Waals surface area contributed by atoms with Crippen molar-refractivity contribution in [1.82, 2.24) is 10.3 Å². The Bertz CT molecular complexity index is 1190. The molecule has 0 unspecified atom stereocenters. The Kier molecular flexibility index (Phi) is 5.70. The van der Waals surface area contributed by atoms with Crippen LogP contribution in [0.1, 0.15) is 22.8 Å². The zero-order valence-electron chi connectivity index (χ0n) is 16.6. The number of hydrogen-bond acceptors (Lipinski definition) is 3. The zero-order chi connectivity index (χ0) is 20.9. The van der Waals surface area contributed by atoms with Crippen LogP contribution in [0.4, 0.5) is 4.39 Å². The summed E-state index contributed by atoms with van der Waals surface area (Å²) in [7, 11) is 0. The van der Waals surface area contributed by atoms with Gasteiger partial charge in [-0.05, 0) is 65.4 Å². The quantitative estimate of drug-likeness (QED) is 0.473. The van der Waals surface area contributed by atoms with Crippen LogP contribution in [-0.4, -0.2) is 17.5 Å². The van der Waals surface area contributed by atoms with Crippen molar-refractivity contribution in [3.8, 4) is 16.9 Å². The molecule has 0 aliphatic heterocycles. The number of hydrogen-bond donors (Lipinski definition) is 1. The van der Waals surface area contributed by atoms with Gasteiger partial charge >= 0.3 is 0 Å². The standard InChI is InChI=1S/C25H21FN2O2/c1-2-30-21-9-6-17(7-10-21)22-11-8-19(24-16-27-13-12-23(22)24)15-28-25(29)18-4-3-5-20(26)14-18/h3-14,16H,2,15H2,1H3,(H,28,29). The molecule has 0 aliphatic rings. The molecular formula is C25H21FN2O2. The molecule has 1 heterocycles. The Morgan fingerprint density at radius 1 is 1.03 bits per heavy atom. The van der Waals surface area contributed by atoms with Crippen molar-refractivity contribution < 1.29 is 13.9 Å². The molecule has 5 heteroatoms. The molecule has 0 saturated carbocycles. The second kappa shape index (κ2) is 8.74. The minimum atomic E-state index is -0.433. The Hall–Kier alpha value is -3.73. The van der Waals surface area contributed by atoms with E-state index in [9.17, 15) is 9.18 Å². The van der Waals surface area contributed by atoms with Gasteiger partial charge in [0.2, 0.25) is 0 Å². The van der Waals surface area contributed by atoms with Crippen LogP contribution in [0.2, 0.25) is 0 Å². The lowest BCUT2D eigenvalue weighted by Gasteiger charge is -2.13. The number of nitrogens with one attached hydrogen (secondary N) is 1. The lowest BCUT2D eigenvalue weighted by molar-refractivity contribution is 0.0950. The average Bonchev–Trinajstić information content (AvgIpc) is 2.78. The fourth-order valence-electron chi connectivity index (χ4n) is 3.46. The molecule has 0 fully saturated rings. The van der Waals surface area contributed by atoms with Crippen LogP contribution in [0.5, 0.6) is 5.75 Å². The Morgan fingerprint density at radius 3 is 2.63 bits per heavy atom. The van der Waals surface area contributed by atoms with Crippen LogP contribution in [-0.2, 0) is 6.54 Å². The highest BCUT2D eigenvalue weighted by atomic mass is 19.1. The van der Waals surface area contributed by atoms with Crippen molar-refractivity contribution in [2.75, 3.05) is 6.61 Å². The summed E-state index contributed by atoms with van der Waals surface area (Å²) in [6.45, 7) is 2.91. The van der Waals surface area contributed by atoms with Crippen LogP contribution >= 0.6 is 0 Å². The van der Waals surface area contributed by atoms with E-state index in [1.165, 1.54) is 18.2 Å². The maximum Gasteiger partial charge on any atom is 0.251 e. The van der Waals surface area contributed by atoms with E-state index in [0.29, 0.717) is 18.7 Å². The molecular weight excluding hydrogens is 379 g/mol. The summed E-state index contributed by atoms with van der Waals surface area (Å²) in [5.41, 5.74) is 3.39. The maximum atomic E-state index is 13.4. The number of ether oxygens (including phenoxy) is 1. The van der Waals surface area contributed by atoms with E-state index in [1.807, 2.05) is 49.4 Å². The molecule has 0 saturated heterocycles. The number of benzene rings is 3. The van der Waals surface area contributed by atoms with Crippen LogP contribution < -0.4 is 10.1 Å². The van der Waals surface area contributed by atoms with Crippen LogP contribution in [0.3, 0.4) is 0 Å². The number of amides is 1. The number of fused-ring (bicyclic) bond motifs is 1. The summed E-state index contributed by atoms with van der Waals surface area (Å²) in [5, 5.41) is 4.87. The van der Waals surface area contributed by atoms with Crippen LogP contribution in [0.15, 0.2) is 79.1 Å². The van der Waals surface area contributed by atoms with Gasteiger partial charge in [-0.1, -0.05) is 30.3 Å². The van der Waals surface area contributed by atoms with Crippen molar-refractivity contribution >= 4 is 16.7 Å². The third-order valence-corrected chi connectivity index (χ3v) is 4.91. The first-order valence-electron chi connectivity index (χ1n) is 9.78. The summed E-state index contributed by atoms with van der Waals surface area (Å²) in [4.78, 5) is 16.6. The van der Waals surface area contributed by atoms with E-state index in [4.69, 9.17) is 4.74 Å². The van der Waals surface area contributed by atoms with E-state index < -0.39 is 5.82 Å². The number of pyridine rings is 1. The first kappa shape index (κ1) is 19.6. The molecule has 30 heavy (non-hydrogen) atoms. The van der Waals surface area contributed by atoms with Crippen molar-refractivity contribution in [2.45, 2.75) is 13.5 Å². The molecule has 150 valence electrons. The molecule has 1 N–H and O–H groups in total. The van der Waals surface area contributed by atoms with Crippen molar-refractivity contribution in [3.63, 3.8) is 0 Å². The molecule has 4 rings (SSSR count). The van der Waals surface area contributed by atoms with Gasteiger partial charge in [-0.25, -0.2) is 4.39 Å². The zero-order valence-corrected chi connectivity index (χ0v) is 16.6. The van der Waals surface area contributed by atoms with E-state index in [1.54, 1.807) is 18.5 Å². The highest BCUT2D eigenvalue weighted by molar-refractivity contribution is 5.99. The minimum Gasteiger partial charge on any atom is -0.494 e. The summed E-state index contributed by atoms with van der Waals surface area (Å²) in [5.74, 6) is 0.0861. The van der Waals surface area contributed by atoms with Gasteiger partial charge in [0, 0.05) is 29.9 Å². The summed E-state index contributed by atoms with van der Waals surface area (Å²) >= 11 is 0. The summed E-state index contributed by atoms with van der Waals surface area (Å²) in [6, 6.07) is 19.6. The summed E-state index contributed by atoms with van der Waals surface area (Å²) in [6.07, 6.45) is 3.56. The van der Waals surface area contributed by atoms with Gasteiger partial charge in [-0.15, -0.1) is 0 Å². The number of carbonyl (C=O) groups excluding carboxylic acids is 1. The van der Waals surface area contributed by atoms with Gasteiger partial charge < -0.3 is 10.1 Å². The Morgan fingerprint density at radius 2 is 1.87 bits per heavy atom. The van der Waals surface area contributed by atoms with Crippen molar-refractivity contribution in [3.05, 3.63) is 96.1 Å². The highest BCUT2D eigenvalue weighted by Gasteiger charge is 2.11. The molecule has 0 aliphatic carbocycles. The molecule has 4 nitrogen and oxygen atoms in total. The Balaban J connectivity index is 1.61. The largest absolute Gasteiger partial charge is 0.494 e. The number of aromatic nitrogens is 1. The van der Waals surface area contributed by atoms with E-state index in [0.717, 1.165) is 33.2 Å². The predicted octanol–water partition coefficient (Wildman–Crippen LogP) is 5.37. The van der Waals surface area contributed by atoms with Gasteiger partial charge in [-0.3, -0.25) is 9.78 Å².